The van der Waals surface area contributed by atoms with E-state index in [-0.39, 0.29) is 5.97 Å². The second-order valence-electron chi connectivity index (χ2n) is 4.72. The number of hydrogen-bond acceptors (Lipinski definition) is 3. The number of para-hydroxylation sites is 1. The van der Waals surface area contributed by atoms with E-state index in [9.17, 15) is 4.79 Å². The molecule has 0 aliphatic carbocycles. The second kappa shape index (κ2) is 7.27. The van der Waals surface area contributed by atoms with Crippen molar-refractivity contribution >= 4 is 27.6 Å². The topological polar surface area (TPSA) is 38.3 Å². The first-order valence-electron chi connectivity index (χ1n) is 6.86. The van der Waals surface area contributed by atoms with Crippen LogP contribution in [0.1, 0.15) is 24.1 Å². The van der Waals surface area contributed by atoms with Crippen LogP contribution < -0.4 is 5.32 Å². The summed E-state index contributed by atoms with van der Waals surface area (Å²) in [5, 5.41) is 3.25. The molecule has 1 atom stereocenters. The summed E-state index contributed by atoms with van der Waals surface area (Å²) in [4.78, 5) is 12.3. The van der Waals surface area contributed by atoms with E-state index in [4.69, 9.17) is 4.74 Å². The molecule has 0 aliphatic heterocycles. The van der Waals surface area contributed by atoms with Gasteiger partial charge >= 0.3 is 5.97 Å². The summed E-state index contributed by atoms with van der Waals surface area (Å²) in [5.74, 6) is -0.279. The highest BCUT2D eigenvalue weighted by atomic mass is 79.9. The summed E-state index contributed by atoms with van der Waals surface area (Å²) in [6.07, 6.45) is 0. The molecule has 1 unspecified atom stereocenters. The summed E-state index contributed by atoms with van der Waals surface area (Å²) >= 11 is 3.49. The molecule has 2 aromatic rings. The number of hydrogen-bond donors (Lipinski definition) is 1. The highest BCUT2D eigenvalue weighted by Crippen LogP contribution is 2.27. The lowest BCUT2D eigenvalue weighted by Crippen LogP contribution is -2.23. The van der Waals surface area contributed by atoms with Gasteiger partial charge in [-0.1, -0.05) is 42.0 Å². The van der Waals surface area contributed by atoms with Crippen molar-refractivity contribution in [1.29, 1.82) is 0 Å². The van der Waals surface area contributed by atoms with E-state index in [1.165, 1.54) is 0 Å². The van der Waals surface area contributed by atoms with Crippen LogP contribution in [0, 0.1) is 6.92 Å². The maximum atomic E-state index is 12.3. The Balaban J connectivity index is 2.33. The highest BCUT2D eigenvalue weighted by molar-refractivity contribution is 9.10. The van der Waals surface area contributed by atoms with E-state index in [0.717, 1.165) is 21.3 Å². The fourth-order valence-electron chi connectivity index (χ4n) is 2.09. The van der Waals surface area contributed by atoms with Gasteiger partial charge in [0.25, 0.3) is 0 Å². The summed E-state index contributed by atoms with van der Waals surface area (Å²) < 4.78 is 6.10. The Labute approximate surface area is 133 Å². The average molecular weight is 348 g/mol. The Bertz CT molecular complexity index is 628. The van der Waals surface area contributed by atoms with Crippen LogP contribution >= 0.6 is 15.9 Å². The van der Waals surface area contributed by atoms with Crippen LogP contribution in [0.3, 0.4) is 0 Å². The standard InChI is InChI=1S/C17H18BrNO2/c1-3-21-17(20)16(13-8-6-7-12(2)11-13)19-15-10-5-4-9-14(15)18/h4-11,16,19H,3H2,1-2H3. The third kappa shape index (κ3) is 4.08. The first kappa shape index (κ1) is 15.6. The Morgan fingerprint density at radius 3 is 2.67 bits per heavy atom. The molecule has 0 heterocycles. The van der Waals surface area contributed by atoms with Crippen molar-refractivity contribution in [3.8, 4) is 0 Å². The number of carbonyl (C=O) groups is 1. The number of halogens is 1. The third-order valence-corrected chi connectivity index (χ3v) is 3.76. The lowest BCUT2D eigenvalue weighted by atomic mass is 10.0. The van der Waals surface area contributed by atoms with Gasteiger partial charge in [0.2, 0.25) is 0 Å². The number of nitrogens with one attached hydrogen (secondary N) is 1. The van der Waals surface area contributed by atoms with Gasteiger partial charge < -0.3 is 10.1 Å². The van der Waals surface area contributed by atoms with Crippen LogP contribution in [-0.4, -0.2) is 12.6 Å². The normalized spacial score (nSPS) is 11.8. The molecule has 110 valence electrons. The van der Waals surface area contributed by atoms with Gasteiger partial charge in [-0.15, -0.1) is 0 Å². The van der Waals surface area contributed by atoms with Gasteiger partial charge in [0.1, 0.15) is 0 Å². The van der Waals surface area contributed by atoms with Gasteiger partial charge in [0.15, 0.2) is 6.04 Å². The lowest BCUT2D eigenvalue weighted by Gasteiger charge is -2.20. The van der Waals surface area contributed by atoms with Crippen molar-refractivity contribution in [2.24, 2.45) is 0 Å². The molecule has 0 fully saturated rings. The van der Waals surface area contributed by atoms with Crippen LogP contribution in [0.15, 0.2) is 53.0 Å². The Kier molecular flexibility index (Phi) is 5.39. The number of anilines is 1. The van der Waals surface area contributed by atoms with E-state index >= 15 is 0 Å². The fraction of sp³-hybridized carbons (Fsp3) is 0.235. The zero-order valence-corrected chi connectivity index (χ0v) is 13.7. The molecule has 1 N–H and O–H groups in total. The lowest BCUT2D eigenvalue weighted by molar-refractivity contribution is -0.144. The van der Waals surface area contributed by atoms with Crippen LogP contribution in [-0.2, 0) is 9.53 Å². The number of aryl methyl sites for hydroxylation is 1. The summed E-state index contributed by atoms with van der Waals surface area (Å²) in [7, 11) is 0. The quantitative estimate of drug-likeness (QED) is 0.810. The summed E-state index contributed by atoms with van der Waals surface area (Å²) in [5.41, 5.74) is 2.86. The molecule has 21 heavy (non-hydrogen) atoms. The second-order valence-corrected chi connectivity index (χ2v) is 5.58. The van der Waals surface area contributed by atoms with Gasteiger partial charge in [-0.2, -0.15) is 0 Å². The first-order chi connectivity index (χ1) is 10.1. The van der Waals surface area contributed by atoms with Crippen LogP contribution in [0.25, 0.3) is 0 Å². The Morgan fingerprint density at radius 2 is 2.00 bits per heavy atom. The first-order valence-corrected chi connectivity index (χ1v) is 7.65. The number of carbonyl (C=O) groups excluding carboxylic acids is 1. The van der Waals surface area contributed by atoms with Crippen molar-refractivity contribution in [3.63, 3.8) is 0 Å². The van der Waals surface area contributed by atoms with E-state index in [2.05, 4.69) is 21.2 Å². The number of rotatable bonds is 5. The molecule has 0 aliphatic rings. The van der Waals surface area contributed by atoms with Crippen molar-refractivity contribution in [2.45, 2.75) is 19.9 Å². The van der Waals surface area contributed by atoms with Gasteiger partial charge in [-0.25, -0.2) is 4.79 Å². The molecule has 0 saturated heterocycles. The van der Waals surface area contributed by atoms with E-state index in [1.54, 1.807) is 0 Å². The minimum Gasteiger partial charge on any atom is -0.464 e. The zero-order chi connectivity index (χ0) is 15.2. The maximum Gasteiger partial charge on any atom is 0.333 e. The Morgan fingerprint density at radius 1 is 1.24 bits per heavy atom. The van der Waals surface area contributed by atoms with E-state index in [1.807, 2.05) is 62.4 Å². The fourth-order valence-corrected chi connectivity index (χ4v) is 2.49. The van der Waals surface area contributed by atoms with Crippen LogP contribution in [0.4, 0.5) is 5.69 Å². The van der Waals surface area contributed by atoms with Crippen molar-refractivity contribution in [2.75, 3.05) is 11.9 Å². The molecule has 2 rings (SSSR count). The summed E-state index contributed by atoms with van der Waals surface area (Å²) in [6, 6.07) is 15.1. The monoisotopic (exact) mass is 347 g/mol. The molecule has 0 amide bonds. The minimum absolute atomic E-state index is 0.279. The molecule has 3 nitrogen and oxygen atoms in total. The molecule has 0 bridgehead atoms. The minimum atomic E-state index is -0.524. The largest absolute Gasteiger partial charge is 0.464 e. The maximum absolute atomic E-state index is 12.3. The van der Waals surface area contributed by atoms with E-state index < -0.39 is 6.04 Å². The van der Waals surface area contributed by atoms with Gasteiger partial charge in [-0.05, 0) is 47.5 Å². The molecular formula is C17H18BrNO2. The zero-order valence-electron chi connectivity index (χ0n) is 12.1. The molecular weight excluding hydrogens is 330 g/mol. The molecule has 2 aromatic carbocycles. The smallest absolute Gasteiger partial charge is 0.333 e. The van der Waals surface area contributed by atoms with Crippen LogP contribution in [0.2, 0.25) is 0 Å². The van der Waals surface area contributed by atoms with Gasteiger partial charge in [-0.3, -0.25) is 0 Å². The third-order valence-electron chi connectivity index (χ3n) is 3.07. The van der Waals surface area contributed by atoms with Gasteiger partial charge in [0, 0.05) is 10.2 Å². The predicted molar refractivity (Wildman–Crippen MR) is 88.3 cm³/mol. The summed E-state index contributed by atoms with van der Waals surface area (Å²) in [6.45, 7) is 4.17. The molecule has 0 radical (unpaired) electrons. The van der Waals surface area contributed by atoms with Crippen LogP contribution in [0.5, 0.6) is 0 Å². The van der Waals surface area contributed by atoms with Crippen molar-refractivity contribution < 1.29 is 9.53 Å². The average Bonchev–Trinajstić information content (AvgIpc) is 2.46. The van der Waals surface area contributed by atoms with Crippen molar-refractivity contribution in [3.05, 3.63) is 64.1 Å². The van der Waals surface area contributed by atoms with Crippen molar-refractivity contribution in [1.82, 2.24) is 0 Å². The molecule has 4 heteroatoms. The molecule has 0 aromatic heterocycles. The van der Waals surface area contributed by atoms with E-state index in [0.29, 0.717) is 6.61 Å². The van der Waals surface area contributed by atoms with Gasteiger partial charge in [0.05, 0.1) is 6.61 Å². The number of esters is 1. The SMILES string of the molecule is CCOC(=O)C(Nc1ccccc1Br)c1cccc(C)c1. The number of benzene rings is 2. The predicted octanol–water partition coefficient (Wildman–Crippen LogP) is 4.47. The Hall–Kier alpha value is -1.81. The highest BCUT2D eigenvalue weighted by Gasteiger charge is 2.22. The molecule has 0 saturated carbocycles. The number of ether oxygens (including phenoxy) is 1. The molecule has 0 spiro atoms.